The molecule has 0 aromatic rings. The first-order valence-corrected chi connectivity index (χ1v) is 8.52. The van der Waals surface area contributed by atoms with Gasteiger partial charge in [0.25, 0.3) is 17.9 Å². The summed E-state index contributed by atoms with van der Waals surface area (Å²) in [6.07, 6.45) is -2.20. The molecule has 0 aliphatic rings. The van der Waals surface area contributed by atoms with Gasteiger partial charge in [0.05, 0.1) is 40.6 Å². The molecule has 0 rings (SSSR count). The molecule has 0 aromatic heterocycles. The van der Waals surface area contributed by atoms with Crippen LogP contribution in [0.2, 0.25) is 0 Å². The fourth-order valence-electron chi connectivity index (χ4n) is 0.418. The number of aliphatic carboxylic acids is 3. The average molecular weight is 480 g/mol. The summed E-state index contributed by atoms with van der Waals surface area (Å²) in [5.41, 5.74) is 0. The van der Waals surface area contributed by atoms with E-state index in [4.69, 9.17) is 45.0 Å². The Hall–Kier alpha value is -3.17. The largest absolute Gasteiger partial charge is 0.508 e. The zero-order valence-electron chi connectivity index (χ0n) is 19.3. The monoisotopic (exact) mass is 480 g/mol. The Bertz CT molecular complexity index is 393. The number of carbonyl (C=O) groups excluding carboxylic acids is 2. The van der Waals surface area contributed by atoms with E-state index in [0.717, 1.165) is 20.8 Å². The summed E-state index contributed by atoms with van der Waals surface area (Å²) in [5, 5.41) is 46.3. The molecule has 0 aromatic carbocycles. The third kappa shape index (κ3) is 153. The molecule has 0 aliphatic heterocycles. The van der Waals surface area contributed by atoms with Gasteiger partial charge in [-0.3, -0.25) is 14.4 Å². The quantitative estimate of drug-likeness (QED) is 0.294. The predicted octanol–water partition coefficient (Wildman–Crippen LogP) is 0.183. The molecule has 0 amide bonds. The molecule has 0 aliphatic carbocycles. The molecule has 0 unspecified atom stereocenters. The normalized spacial score (nSPS) is 7.59. The Labute approximate surface area is 186 Å². The Balaban J connectivity index is -0.0000000649. The number of hydrogen-bond donors (Lipinski definition) is 6. The lowest BCUT2D eigenvalue weighted by molar-refractivity contribution is -0.135. The van der Waals surface area contributed by atoms with Crippen molar-refractivity contribution in [3.05, 3.63) is 0 Å². The highest BCUT2D eigenvalue weighted by Crippen LogP contribution is 1.81. The van der Waals surface area contributed by atoms with E-state index in [1.165, 1.54) is 14.2 Å². The van der Waals surface area contributed by atoms with E-state index in [1.54, 1.807) is 13.8 Å². The predicted molar refractivity (Wildman–Crippen MR) is 108 cm³/mol. The van der Waals surface area contributed by atoms with Gasteiger partial charge in [0, 0.05) is 20.8 Å². The fourth-order valence-corrected chi connectivity index (χ4v) is 0.418. The van der Waals surface area contributed by atoms with Crippen LogP contribution in [0.4, 0.5) is 9.59 Å². The minimum Gasteiger partial charge on any atom is -0.481 e. The second-order valence-corrected chi connectivity index (χ2v) is 4.35. The van der Waals surface area contributed by atoms with E-state index in [9.17, 15) is 9.59 Å². The first-order chi connectivity index (χ1) is 14.6. The molecule has 194 valence electrons. The topological polar surface area (TPSA) is 244 Å². The number of aliphatic hydroxyl groups is 3. The molecule has 0 atom stereocenters. The van der Waals surface area contributed by atoms with Crippen molar-refractivity contribution in [2.45, 2.75) is 40.7 Å². The highest BCUT2D eigenvalue weighted by atomic mass is 16.7. The molecule has 15 heteroatoms. The summed E-state index contributed by atoms with van der Waals surface area (Å²) >= 11 is 0. The summed E-state index contributed by atoms with van der Waals surface area (Å²) in [6.45, 7) is 6.73. The van der Waals surface area contributed by atoms with Crippen LogP contribution in [0, 0.1) is 0 Å². The molecule has 0 bridgehead atoms. The molecule has 0 heterocycles. The van der Waals surface area contributed by atoms with E-state index in [-0.39, 0.29) is 13.2 Å². The zero-order valence-corrected chi connectivity index (χ0v) is 19.3. The molecule has 0 saturated heterocycles. The SMILES string of the molecule is CC(=O)O.CC(=O)O.CC(=O)O.CCOC(=O)OCC.COC(=O)OC.OCC(O)CO. The van der Waals surface area contributed by atoms with Crippen LogP contribution in [0.3, 0.4) is 0 Å². The lowest BCUT2D eigenvalue weighted by Gasteiger charge is -1.98. The van der Waals surface area contributed by atoms with Gasteiger partial charge in [0.15, 0.2) is 0 Å². The number of carboxylic acids is 3. The summed E-state index contributed by atoms with van der Waals surface area (Å²) in [7, 11) is 2.51. The smallest absolute Gasteiger partial charge is 0.481 e. The zero-order chi connectivity index (χ0) is 27.1. The first-order valence-electron chi connectivity index (χ1n) is 8.52. The lowest BCUT2D eigenvalue weighted by Crippen LogP contribution is -2.15. The molecule has 15 nitrogen and oxygen atoms in total. The van der Waals surface area contributed by atoms with Crippen LogP contribution in [0.15, 0.2) is 0 Å². The average Bonchev–Trinajstić information content (AvgIpc) is 2.66. The van der Waals surface area contributed by atoms with Crippen molar-refractivity contribution in [3.63, 3.8) is 0 Å². The van der Waals surface area contributed by atoms with Crippen LogP contribution in [0.1, 0.15) is 34.6 Å². The molecule has 0 fully saturated rings. The Morgan fingerprint density at radius 1 is 0.656 bits per heavy atom. The summed E-state index contributed by atoms with van der Waals surface area (Å²) < 4.78 is 16.9. The third-order valence-corrected chi connectivity index (χ3v) is 1.28. The lowest BCUT2D eigenvalue weighted by atomic mass is 10.4. The summed E-state index contributed by atoms with van der Waals surface area (Å²) in [5.74, 6) is -2.50. The van der Waals surface area contributed by atoms with Crippen molar-refractivity contribution in [2.24, 2.45) is 0 Å². The number of methoxy groups -OCH3 is 2. The van der Waals surface area contributed by atoms with Crippen LogP contribution in [0.5, 0.6) is 0 Å². The number of ether oxygens (including phenoxy) is 4. The molecule has 0 saturated carbocycles. The van der Waals surface area contributed by atoms with Gasteiger partial charge in [-0.25, -0.2) is 9.59 Å². The van der Waals surface area contributed by atoms with Gasteiger partial charge in [-0.1, -0.05) is 0 Å². The number of carboxylic acid groups (broad SMARTS) is 3. The van der Waals surface area contributed by atoms with E-state index in [2.05, 4.69) is 18.9 Å². The van der Waals surface area contributed by atoms with Crippen molar-refractivity contribution >= 4 is 30.2 Å². The minimum absolute atomic E-state index is 0.365. The second kappa shape index (κ2) is 38.4. The summed E-state index contributed by atoms with van der Waals surface area (Å²) in [4.78, 5) is 46.9. The number of carbonyl (C=O) groups is 5. The number of rotatable bonds is 4. The second-order valence-electron chi connectivity index (χ2n) is 4.35. The number of aliphatic hydroxyl groups excluding tert-OH is 3. The third-order valence-electron chi connectivity index (χ3n) is 1.28. The van der Waals surface area contributed by atoms with Crippen LogP contribution in [0.25, 0.3) is 0 Å². The van der Waals surface area contributed by atoms with Crippen molar-refractivity contribution in [3.8, 4) is 0 Å². The molecule has 6 N–H and O–H groups in total. The molecular formula is C17H36O15. The maximum absolute atomic E-state index is 10.2. The Morgan fingerprint density at radius 3 is 0.938 bits per heavy atom. The van der Waals surface area contributed by atoms with Gasteiger partial charge in [-0.05, 0) is 13.8 Å². The van der Waals surface area contributed by atoms with Crippen molar-refractivity contribution < 1.29 is 73.6 Å². The van der Waals surface area contributed by atoms with E-state index in [1.807, 2.05) is 0 Å². The summed E-state index contributed by atoms with van der Waals surface area (Å²) in [6, 6.07) is 0. The maximum Gasteiger partial charge on any atom is 0.508 e. The first kappa shape index (κ1) is 42.8. The van der Waals surface area contributed by atoms with Gasteiger partial charge in [-0.15, -0.1) is 0 Å². The standard InChI is InChI=1S/C5H10O3.C3H6O3.C3H8O3.3C2H4O2/c1-3-7-5(6)8-4-2;1-5-3(4)6-2;4-1-3(6)2-5;3*1-2(3)4/h3-4H2,1-2H3;1-2H3;3-6H,1-2H2;3*1H3,(H,3,4). The Kier molecular flexibility index (Phi) is 51.5. The van der Waals surface area contributed by atoms with E-state index >= 15 is 0 Å². The van der Waals surface area contributed by atoms with Crippen LogP contribution in [-0.2, 0) is 33.3 Å². The molecule has 0 spiro atoms. The van der Waals surface area contributed by atoms with Gasteiger partial charge < -0.3 is 49.6 Å². The van der Waals surface area contributed by atoms with E-state index < -0.39 is 36.3 Å². The van der Waals surface area contributed by atoms with Crippen molar-refractivity contribution in [1.82, 2.24) is 0 Å². The highest BCUT2D eigenvalue weighted by Gasteiger charge is 1.96. The molecular weight excluding hydrogens is 444 g/mol. The van der Waals surface area contributed by atoms with Gasteiger partial charge in [0.1, 0.15) is 6.10 Å². The molecule has 32 heavy (non-hydrogen) atoms. The van der Waals surface area contributed by atoms with Gasteiger partial charge in [0.2, 0.25) is 0 Å². The van der Waals surface area contributed by atoms with Crippen LogP contribution >= 0.6 is 0 Å². The van der Waals surface area contributed by atoms with Gasteiger partial charge >= 0.3 is 12.3 Å². The highest BCUT2D eigenvalue weighted by molar-refractivity contribution is 5.63. The fraction of sp³-hybridized carbons (Fsp3) is 0.706. The Morgan fingerprint density at radius 2 is 0.875 bits per heavy atom. The van der Waals surface area contributed by atoms with Gasteiger partial charge in [-0.2, -0.15) is 0 Å². The van der Waals surface area contributed by atoms with Crippen LogP contribution < -0.4 is 0 Å². The molecule has 0 radical (unpaired) electrons. The van der Waals surface area contributed by atoms with Crippen molar-refractivity contribution in [2.75, 3.05) is 40.6 Å². The maximum atomic E-state index is 10.2. The minimum atomic E-state index is -0.954. The van der Waals surface area contributed by atoms with E-state index in [0.29, 0.717) is 13.2 Å². The number of hydrogen-bond acceptors (Lipinski definition) is 12. The van der Waals surface area contributed by atoms with Crippen LogP contribution in [-0.4, -0.2) is 108 Å². The van der Waals surface area contributed by atoms with Crippen molar-refractivity contribution in [1.29, 1.82) is 0 Å².